The fourth-order valence-corrected chi connectivity index (χ4v) is 4.30. The second-order valence-corrected chi connectivity index (χ2v) is 7.84. The molecule has 1 aromatic heterocycles. The minimum Gasteiger partial charge on any atom is -0.324 e. The largest absolute Gasteiger partial charge is 0.324 e. The molecule has 0 unspecified atom stereocenters. The number of imide groups is 1. The van der Waals surface area contributed by atoms with Crippen molar-refractivity contribution in [1.29, 1.82) is 0 Å². The highest BCUT2D eigenvalue weighted by Crippen LogP contribution is 2.29. The normalized spacial score (nSPS) is 18.4. The van der Waals surface area contributed by atoms with Gasteiger partial charge in [0.2, 0.25) is 5.91 Å². The van der Waals surface area contributed by atoms with Gasteiger partial charge in [-0.05, 0) is 49.7 Å². The van der Waals surface area contributed by atoms with Crippen LogP contribution in [-0.4, -0.2) is 50.6 Å². The third-order valence-electron chi connectivity index (χ3n) is 5.19. The molecule has 0 radical (unpaired) electrons. The van der Waals surface area contributed by atoms with Crippen LogP contribution < -0.4 is 10.6 Å². The summed E-state index contributed by atoms with van der Waals surface area (Å²) in [5.41, 5.74) is 0.803. The maximum absolute atomic E-state index is 13.1. The van der Waals surface area contributed by atoms with E-state index >= 15 is 0 Å². The van der Waals surface area contributed by atoms with Gasteiger partial charge in [0.1, 0.15) is 5.54 Å². The van der Waals surface area contributed by atoms with Gasteiger partial charge in [-0.2, -0.15) is 5.10 Å². The van der Waals surface area contributed by atoms with Crippen molar-refractivity contribution in [2.45, 2.75) is 24.9 Å². The molecule has 0 bridgehead atoms. The van der Waals surface area contributed by atoms with Crippen LogP contribution in [0.15, 0.2) is 42.7 Å². The first-order chi connectivity index (χ1) is 13.6. The molecule has 0 spiro atoms. The van der Waals surface area contributed by atoms with Crippen LogP contribution in [-0.2, 0) is 21.7 Å². The van der Waals surface area contributed by atoms with E-state index in [0.29, 0.717) is 18.5 Å². The minimum absolute atomic E-state index is 0. The minimum atomic E-state index is -0.709. The second-order valence-electron chi connectivity index (χ2n) is 6.92. The molecule has 3 amide bonds. The topological polar surface area (TPSA) is 96.3 Å². The summed E-state index contributed by atoms with van der Waals surface area (Å²) in [6.07, 6.45) is 4.84. The molecule has 2 saturated heterocycles. The highest BCUT2D eigenvalue weighted by atomic mass is 35.5. The van der Waals surface area contributed by atoms with Crippen LogP contribution in [0, 0.1) is 0 Å². The van der Waals surface area contributed by atoms with Gasteiger partial charge in [-0.25, -0.2) is 0 Å². The molecule has 2 N–H and O–H groups in total. The fraction of sp³-hybridized carbons (Fsp3) is 0.368. The molecule has 2 fully saturated rings. The number of hydrogen-bond acceptors (Lipinski definition) is 6. The van der Waals surface area contributed by atoms with Gasteiger partial charge in [0.25, 0.3) is 11.1 Å². The van der Waals surface area contributed by atoms with Crippen LogP contribution >= 0.6 is 24.2 Å². The van der Waals surface area contributed by atoms with E-state index in [-0.39, 0.29) is 41.8 Å². The Morgan fingerprint density at radius 1 is 1.21 bits per heavy atom. The molecular formula is C19H22ClN5O3S. The highest BCUT2D eigenvalue weighted by Gasteiger charge is 2.42. The Balaban J connectivity index is 0.00000240. The van der Waals surface area contributed by atoms with Crippen LogP contribution in [0.2, 0.25) is 0 Å². The summed E-state index contributed by atoms with van der Waals surface area (Å²) in [5, 5.41) is 10.4. The predicted octanol–water partition coefficient (Wildman–Crippen LogP) is 2.22. The fourth-order valence-electron chi connectivity index (χ4n) is 3.58. The van der Waals surface area contributed by atoms with Crippen molar-refractivity contribution in [2.75, 3.05) is 24.2 Å². The number of carbonyl (C=O) groups is 3. The van der Waals surface area contributed by atoms with E-state index in [1.54, 1.807) is 23.0 Å². The van der Waals surface area contributed by atoms with Crippen LogP contribution in [0.25, 0.3) is 0 Å². The van der Waals surface area contributed by atoms with Gasteiger partial charge in [-0.15, -0.1) is 12.4 Å². The Kier molecular flexibility index (Phi) is 6.61. The van der Waals surface area contributed by atoms with Gasteiger partial charge in [0, 0.05) is 18.1 Å². The number of halogens is 1. The molecular weight excluding hydrogens is 414 g/mol. The molecule has 2 aromatic rings. The first kappa shape index (κ1) is 21.4. The zero-order valence-corrected chi connectivity index (χ0v) is 17.3. The number of nitrogens with zero attached hydrogens (tertiary/aromatic N) is 3. The van der Waals surface area contributed by atoms with E-state index in [4.69, 9.17) is 0 Å². The lowest BCUT2D eigenvalue weighted by atomic mass is 9.87. The maximum Gasteiger partial charge on any atom is 0.289 e. The predicted molar refractivity (Wildman–Crippen MR) is 113 cm³/mol. The summed E-state index contributed by atoms with van der Waals surface area (Å²) in [6.45, 7) is 1.76. The molecule has 0 aliphatic carbocycles. The summed E-state index contributed by atoms with van der Waals surface area (Å²) in [6, 6.07) is 9.06. The molecule has 3 heterocycles. The standard InChI is InChI=1S/C19H21N5O3S.ClH/c25-16-13-28-18(27)23(16)12-14-2-4-15(5-3-14)22-17(26)19(6-9-20-10-7-19)24-11-1-8-21-24;/h1-5,8,11,20H,6-7,9-10,12-13H2,(H,22,26);1H. The number of thioether (sulfide) groups is 1. The van der Waals surface area contributed by atoms with Crippen molar-refractivity contribution in [2.24, 2.45) is 0 Å². The van der Waals surface area contributed by atoms with Gasteiger partial charge in [-0.1, -0.05) is 23.9 Å². The number of amides is 3. The molecule has 0 atom stereocenters. The molecule has 154 valence electrons. The van der Waals surface area contributed by atoms with E-state index < -0.39 is 5.54 Å². The van der Waals surface area contributed by atoms with Gasteiger partial charge in [0.15, 0.2) is 0 Å². The Bertz CT molecular complexity index is 866. The number of rotatable bonds is 5. The van der Waals surface area contributed by atoms with Crippen molar-refractivity contribution in [3.63, 3.8) is 0 Å². The Labute approximate surface area is 178 Å². The Morgan fingerprint density at radius 2 is 1.93 bits per heavy atom. The average Bonchev–Trinajstić information content (AvgIpc) is 3.36. The zero-order chi connectivity index (χ0) is 19.6. The van der Waals surface area contributed by atoms with Gasteiger partial charge in [-0.3, -0.25) is 24.0 Å². The van der Waals surface area contributed by atoms with Crippen molar-refractivity contribution >= 4 is 46.9 Å². The van der Waals surface area contributed by atoms with Crippen LogP contribution in [0.3, 0.4) is 0 Å². The van der Waals surface area contributed by atoms with E-state index in [0.717, 1.165) is 30.4 Å². The Hall–Kier alpha value is -2.36. The van der Waals surface area contributed by atoms with Gasteiger partial charge in [0.05, 0.1) is 12.3 Å². The lowest BCUT2D eigenvalue weighted by molar-refractivity contribution is -0.126. The molecule has 2 aliphatic heterocycles. The lowest BCUT2D eigenvalue weighted by Gasteiger charge is -2.36. The average molecular weight is 436 g/mol. The number of aromatic nitrogens is 2. The number of piperidine rings is 1. The van der Waals surface area contributed by atoms with E-state index in [1.165, 1.54) is 4.90 Å². The van der Waals surface area contributed by atoms with Crippen molar-refractivity contribution in [1.82, 2.24) is 20.0 Å². The number of benzene rings is 1. The summed E-state index contributed by atoms with van der Waals surface area (Å²) in [7, 11) is 0. The summed E-state index contributed by atoms with van der Waals surface area (Å²) in [5.74, 6) is -0.0525. The van der Waals surface area contributed by atoms with E-state index in [9.17, 15) is 14.4 Å². The second kappa shape index (κ2) is 8.98. The number of anilines is 1. The number of hydrogen-bond donors (Lipinski definition) is 2. The molecule has 10 heteroatoms. The van der Waals surface area contributed by atoms with E-state index in [2.05, 4.69) is 15.7 Å². The SMILES string of the molecule is Cl.O=C1CSC(=O)N1Cc1ccc(NC(=O)C2(n3cccn3)CCNCC2)cc1. The maximum atomic E-state index is 13.1. The zero-order valence-electron chi connectivity index (χ0n) is 15.7. The first-order valence-corrected chi connectivity index (χ1v) is 10.2. The van der Waals surface area contributed by atoms with Gasteiger partial charge >= 0.3 is 0 Å². The smallest absolute Gasteiger partial charge is 0.289 e. The quantitative estimate of drug-likeness (QED) is 0.747. The summed E-state index contributed by atoms with van der Waals surface area (Å²) >= 11 is 1.03. The summed E-state index contributed by atoms with van der Waals surface area (Å²) < 4.78 is 1.75. The number of nitrogens with one attached hydrogen (secondary N) is 2. The lowest BCUT2D eigenvalue weighted by Crippen LogP contribution is -2.52. The monoisotopic (exact) mass is 435 g/mol. The van der Waals surface area contributed by atoms with E-state index in [1.807, 2.05) is 24.4 Å². The molecule has 2 aliphatic rings. The first-order valence-electron chi connectivity index (χ1n) is 9.17. The molecule has 29 heavy (non-hydrogen) atoms. The van der Waals surface area contributed by atoms with Crippen LogP contribution in [0.1, 0.15) is 18.4 Å². The van der Waals surface area contributed by atoms with Crippen LogP contribution in [0.4, 0.5) is 10.5 Å². The van der Waals surface area contributed by atoms with Crippen molar-refractivity contribution in [3.8, 4) is 0 Å². The van der Waals surface area contributed by atoms with Gasteiger partial charge < -0.3 is 10.6 Å². The van der Waals surface area contributed by atoms with Crippen molar-refractivity contribution in [3.05, 3.63) is 48.3 Å². The summed E-state index contributed by atoms with van der Waals surface area (Å²) in [4.78, 5) is 37.8. The van der Waals surface area contributed by atoms with Crippen LogP contribution in [0.5, 0.6) is 0 Å². The Morgan fingerprint density at radius 3 is 2.52 bits per heavy atom. The molecule has 8 nitrogen and oxygen atoms in total. The van der Waals surface area contributed by atoms with Crippen molar-refractivity contribution < 1.29 is 14.4 Å². The third-order valence-corrected chi connectivity index (χ3v) is 6.05. The molecule has 0 saturated carbocycles. The molecule has 4 rings (SSSR count). The molecule has 1 aromatic carbocycles. The number of carbonyl (C=O) groups excluding carboxylic acids is 3. The third kappa shape index (κ3) is 4.31. The highest BCUT2D eigenvalue weighted by molar-refractivity contribution is 8.14.